The van der Waals surface area contributed by atoms with Crippen molar-refractivity contribution < 1.29 is 14.3 Å². The second-order valence-corrected chi connectivity index (χ2v) is 4.14. The highest BCUT2D eigenvalue weighted by atomic mass is 32.1. The first-order chi connectivity index (χ1) is 5.82. The minimum Gasteiger partial charge on any atom is -0.392 e. The summed E-state index contributed by atoms with van der Waals surface area (Å²) in [6, 6.07) is 0. The fraction of sp³-hybridized carbons (Fsp3) is 0.750. The van der Waals surface area contributed by atoms with Gasteiger partial charge in [-0.05, 0) is 13.8 Å². The van der Waals surface area contributed by atoms with Crippen LogP contribution in [0.3, 0.4) is 0 Å². The van der Waals surface area contributed by atoms with Crippen LogP contribution in [0.5, 0.6) is 0 Å². The third-order valence-corrected chi connectivity index (χ3v) is 2.59. The van der Waals surface area contributed by atoms with Crippen LogP contribution in [0.1, 0.15) is 20.8 Å². The van der Waals surface area contributed by atoms with Gasteiger partial charge < -0.3 is 10.5 Å². The van der Waals surface area contributed by atoms with Crippen LogP contribution in [0.25, 0.3) is 0 Å². The van der Waals surface area contributed by atoms with E-state index >= 15 is 0 Å². The van der Waals surface area contributed by atoms with Crippen LogP contribution in [0, 0.1) is 5.41 Å². The number of carbonyl (C=O) groups is 2. The van der Waals surface area contributed by atoms with Gasteiger partial charge in [-0.1, -0.05) is 6.92 Å². The molecule has 0 spiro atoms. The first kappa shape index (κ1) is 12.4. The molecule has 1 unspecified atom stereocenters. The molecule has 0 saturated carbocycles. The summed E-state index contributed by atoms with van der Waals surface area (Å²) >= 11 is 4.13. The van der Waals surface area contributed by atoms with Gasteiger partial charge in [-0.2, -0.15) is 12.6 Å². The first-order valence-corrected chi connectivity index (χ1v) is 4.47. The van der Waals surface area contributed by atoms with E-state index < -0.39 is 17.4 Å². The van der Waals surface area contributed by atoms with Crippen molar-refractivity contribution in [2.75, 3.05) is 6.54 Å². The number of nitrogens with two attached hydrogens (primary N) is 1. The molecule has 0 heterocycles. The van der Waals surface area contributed by atoms with Gasteiger partial charge in [0.2, 0.25) is 0 Å². The predicted molar refractivity (Wildman–Crippen MR) is 52.4 cm³/mol. The third kappa shape index (κ3) is 3.36. The van der Waals surface area contributed by atoms with Gasteiger partial charge in [0.1, 0.15) is 0 Å². The third-order valence-electron chi connectivity index (χ3n) is 1.94. The average molecular weight is 205 g/mol. The maximum atomic E-state index is 11.3. The molecule has 0 rings (SSSR count). The SMILES string of the molecule is CC(S)C(C)(C)C(=O)OC(=O)CN. The standard InChI is InChI=1S/C8H15NO3S/c1-5(13)8(2,3)7(11)12-6(10)4-9/h5,13H,4,9H2,1-3H3. The first-order valence-electron chi connectivity index (χ1n) is 3.95. The molecule has 5 heteroatoms. The Morgan fingerprint density at radius 3 is 2.31 bits per heavy atom. The molecule has 0 bridgehead atoms. The highest BCUT2D eigenvalue weighted by Crippen LogP contribution is 2.26. The lowest BCUT2D eigenvalue weighted by Gasteiger charge is -2.24. The van der Waals surface area contributed by atoms with Crippen LogP contribution in [0.2, 0.25) is 0 Å². The average Bonchev–Trinajstić information content (AvgIpc) is 2.03. The Bertz CT molecular complexity index is 213. The zero-order chi connectivity index (χ0) is 10.6. The van der Waals surface area contributed by atoms with Crippen molar-refractivity contribution in [3.8, 4) is 0 Å². The van der Waals surface area contributed by atoms with Crippen LogP contribution in [-0.2, 0) is 14.3 Å². The molecular weight excluding hydrogens is 190 g/mol. The minimum absolute atomic E-state index is 0.189. The van der Waals surface area contributed by atoms with Gasteiger partial charge in [-0.15, -0.1) is 0 Å². The zero-order valence-corrected chi connectivity index (χ0v) is 8.93. The molecule has 0 radical (unpaired) electrons. The van der Waals surface area contributed by atoms with Gasteiger partial charge in [-0.25, -0.2) is 0 Å². The van der Waals surface area contributed by atoms with Crippen LogP contribution < -0.4 is 5.73 Å². The molecule has 0 fully saturated rings. The molecule has 76 valence electrons. The number of carbonyl (C=O) groups excluding carboxylic acids is 2. The summed E-state index contributed by atoms with van der Waals surface area (Å²) in [5, 5.41) is -0.189. The maximum absolute atomic E-state index is 11.3. The zero-order valence-electron chi connectivity index (χ0n) is 8.03. The Morgan fingerprint density at radius 1 is 1.54 bits per heavy atom. The Morgan fingerprint density at radius 2 is 2.00 bits per heavy atom. The van der Waals surface area contributed by atoms with Gasteiger partial charge in [0.05, 0.1) is 12.0 Å². The van der Waals surface area contributed by atoms with Crippen molar-refractivity contribution in [2.24, 2.45) is 11.1 Å². The lowest BCUT2D eigenvalue weighted by molar-refractivity contribution is -0.165. The van der Waals surface area contributed by atoms with E-state index in [4.69, 9.17) is 5.73 Å². The summed E-state index contributed by atoms with van der Waals surface area (Å²) in [4.78, 5) is 22.0. The predicted octanol–water partition coefficient (Wildman–Crippen LogP) is 0.359. The Kier molecular flexibility index (Phi) is 4.43. The Labute approximate surface area is 83.2 Å². The molecule has 2 N–H and O–H groups in total. The topological polar surface area (TPSA) is 69.4 Å². The molecule has 1 atom stereocenters. The van der Waals surface area contributed by atoms with Crippen molar-refractivity contribution >= 4 is 24.6 Å². The molecule has 0 aromatic rings. The van der Waals surface area contributed by atoms with E-state index in [1.165, 1.54) is 0 Å². The van der Waals surface area contributed by atoms with Gasteiger partial charge in [-0.3, -0.25) is 9.59 Å². The van der Waals surface area contributed by atoms with Crippen LogP contribution in [0.15, 0.2) is 0 Å². The summed E-state index contributed by atoms with van der Waals surface area (Å²) in [6.07, 6.45) is 0. The number of thiol groups is 1. The summed E-state index contributed by atoms with van der Waals surface area (Å²) in [5.41, 5.74) is 4.21. The highest BCUT2D eigenvalue weighted by Gasteiger charge is 2.34. The van der Waals surface area contributed by atoms with Crippen LogP contribution in [0.4, 0.5) is 0 Å². The molecule has 13 heavy (non-hydrogen) atoms. The summed E-state index contributed by atoms with van der Waals surface area (Å²) in [5.74, 6) is -1.31. The lowest BCUT2D eigenvalue weighted by atomic mass is 9.90. The van der Waals surface area contributed by atoms with Crippen LogP contribution >= 0.6 is 12.6 Å². The van der Waals surface area contributed by atoms with Gasteiger partial charge in [0, 0.05) is 5.25 Å². The molecule has 0 aliphatic rings. The monoisotopic (exact) mass is 205 g/mol. The minimum atomic E-state index is -0.784. The van der Waals surface area contributed by atoms with Gasteiger partial charge in [0.25, 0.3) is 0 Å². The Balaban J connectivity index is 4.34. The summed E-state index contributed by atoms with van der Waals surface area (Å²) in [7, 11) is 0. The van der Waals surface area contributed by atoms with Crippen molar-refractivity contribution in [2.45, 2.75) is 26.0 Å². The van der Waals surface area contributed by atoms with Crippen molar-refractivity contribution in [3.05, 3.63) is 0 Å². The summed E-state index contributed by atoms with van der Waals surface area (Å²) < 4.78 is 4.47. The normalized spacial score (nSPS) is 13.6. The highest BCUT2D eigenvalue weighted by molar-refractivity contribution is 7.81. The number of rotatable bonds is 3. The molecular formula is C8H15NO3S. The quantitative estimate of drug-likeness (QED) is 0.396. The summed E-state index contributed by atoms with van der Waals surface area (Å²) in [6.45, 7) is 4.80. The largest absolute Gasteiger partial charge is 0.392 e. The fourth-order valence-electron chi connectivity index (χ4n) is 0.447. The fourth-order valence-corrected chi connectivity index (χ4v) is 0.553. The van der Waals surface area contributed by atoms with Crippen LogP contribution in [-0.4, -0.2) is 23.7 Å². The lowest BCUT2D eigenvalue weighted by Crippen LogP contribution is -2.36. The molecule has 0 saturated heterocycles. The van der Waals surface area contributed by atoms with E-state index in [2.05, 4.69) is 17.4 Å². The maximum Gasteiger partial charge on any atom is 0.327 e. The Hall–Kier alpha value is -0.550. The molecule has 0 amide bonds. The molecule has 4 nitrogen and oxygen atoms in total. The van der Waals surface area contributed by atoms with Crippen molar-refractivity contribution in [1.29, 1.82) is 0 Å². The van der Waals surface area contributed by atoms with Gasteiger partial charge in [0.15, 0.2) is 0 Å². The molecule has 0 aliphatic carbocycles. The number of ether oxygens (including phenoxy) is 1. The number of esters is 2. The van der Waals surface area contributed by atoms with E-state index in [1.807, 2.05) is 0 Å². The van der Waals surface area contributed by atoms with E-state index in [0.717, 1.165) is 0 Å². The van der Waals surface area contributed by atoms with Crippen molar-refractivity contribution in [3.63, 3.8) is 0 Å². The van der Waals surface area contributed by atoms with E-state index in [9.17, 15) is 9.59 Å². The van der Waals surface area contributed by atoms with Crippen molar-refractivity contribution in [1.82, 2.24) is 0 Å². The number of hydrogen-bond acceptors (Lipinski definition) is 5. The molecule has 0 aromatic carbocycles. The van der Waals surface area contributed by atoms with Gasteiger partial charge >= 0.3 is 11.9 Å². The smallest absolute Gasteiger partial charge is 0.327 e. The molecule has 0 aromatic heterocycles. The second-order valence-electron chi connectivity index (χ2n) is 3.36. The molecule has 0 aliphatic heterocycles. The number of hydrogen-bond donors (Lipinski definition) is 2. The second kappa shape index (κ2) is 4.62. The van der Waals surface area contributed by atoms with E-state index in [-0.39, 0.29) is 11.8 Å². The van der Waals surface area contributed by atoms with E-state index in [1.54, 1.807) is 20.8 Å². The van der Waals surface area contributed by atoms with E-state index in [0.29, 0.717) is 0 Å².